The number of carbonyl (C=O) groups is 1. The Hall–Kier alpha value is -3.99. The molecule has 0 fully saturated rings. The zero-order valence-electron chi connectivity index (χ0n) is 20.7. The summed E-state index contributed by atoms with van der Waals surface area (Å²) in [5.74, 6) is -0.0625. The van der Waals surface area contributed by atoms with Crippen molar-refractivity contribution in [2.45, 2.75) is 20.8 Å². The summed E-state index contributed by atoms with van der Waals surface area (Å²) in [6, 6.07) is 26.5. The summed E-state index contributed by atoms with van der Waals surface area (Å²) in [6.07, 6.45) is 2.92. The Morgan fingerprint density at radius 1 is 1.00 bits per heavy atom. The Balaban J connectivity index is 0.000000356. The Bertz CT molecular complexity index is 1810. The zero-order valence-corrected chi connectivity index (χ0v) is 23.1. The van der Waals surface area contributed by atoms with Gasteiger partial charge in [-0.3, -0.25) is 4.79 Å². The number of pyridine rings is 2. The summed E-state index contributed by atoms with van der Waals surface area (Å²) in [4.78, 5) is 14.4. The molecule has 0 spiro atoms. The van der Waals surface area contributed by atoms with Crippen LogP contribution in [0.5, 0.6) is 0 Å². The minimum absolute atomic E-state index is 0. The zero-order chi connectivity index (χ0) is 25.4. The smallest absolute Gasteiger partial charge is 0.216 e. The summed E-state index contributed by atoms with van der Waals surface area (Å²) in [5, 5.41) is 14.1. The molecule has 1 N–H and O–H groups in total. The molecule has 3 aromatic heterocycles. The van der Waals surface area contributed by atoms with Crippen LogP contribution in [0.2, 0.25) is 0 Å². The van der Waals surface area contributed by atoms with Crippen molar-refractivity contribution in [1.29, 1.82) is 0 Å². The normalized spacial score (nSPS) is 11.4. The Labute approximate surface area is 228 Å². The molecule has 6 rings (SSSR count). The van der Waals surface area contributed by atoms with Gasteiger partial charge in [-0.2, -0.15) is 0 Å². The molecule has 3 heterocycles. The van der Waals surface area contributed by atoms with Gasteiger partial charge < -0.3 is 14.1 Å². The number of aromatic nitrogens is 2. The topological polar surface area (TPSA) is 67.2 Å². The first kappa shape index (κ1) is 26.1. The van der Waals surface area contributed by atoms with Crippen molar-refractivity contribution in [2.24, 2.45) is 0 Å². The summed E-state index contributed by atoms with van der Waals surface area (Å²) in [5.41, 5.74) is 5.42. The monoisotopic (exact) mass is 666 g/mol. The average Bonchev–Trinajstić information content (AvgIpc) is 3.22. The van der Waals surface area contributed by atoms with Crippen LogP contribution in [0.15, 0.2) is 89.2 Å². The van der Waals surface area contributed by atoms with Crippen LogP contribution in [0.3, 0.4) is 0 Å². The van der Waals surface area contributed by atoms with Gasteiger partial charge in [0.2, 0.25) is 5.71 Å². The number of hydrogen-bond acceptors (Lipinski definition) is 4. The van der Waals surface area contributed by atoms with E-state index in [9.17, 15) is 4.79 Å². The molecule has 5 nitrogen and oxygen atoms in total. The summed E-state index contributed by atoms with van der Waals surface area (Å²) < 4.78 is 8.13. The molecule has 0 aliphatic rings. The first-order valence-electron chi connectivity index (χ1n) is 11.6. The van der Waals surface area contributed by atoms with Crippen molar-refractivity contribution < 1.29 is 39.0 Å². The predicted octanol–water partition coefficient (Wildman–Crippen LogP) is 7.02. The third-order valence-electron chi connectivity index (χ3n) is 6.02. The molecule has 6 heteroatoms. The van der Waals surface area contributed by atoms with Gasteiger partial charge in [-0.1, -0.05) is 48.7 Å². The summed E-state index contributed by atoms with van der Waals surface area (Å²) in [7, 11) is 4.36. The van der Waals surface area contributed by atoms with E-state index in [4.69, 9.17) is 9.52 Å². The van der Waals surface area contributed by atoms with E-state index < -0.39 is 0 Å². The van der Waals surface area contributed by atoms with Crippen LogP contribution < -0.4 is 4.57 Å². The minimum atomic E-state index is -0.125. The number of aryl methyl sites for hydroxylation is 1. The average molecular weight is 666 g/mol. The first-order valence-corrected chi connectivity index (χ1v) is 11.6. The minimum Gasteiger partial charge on any atom is -0.512 e. The molecule has 0 aliphatic heterocycles. The van der Waals surface area contributed by atoms with Crippen molar-refractivity contribution in [2.75, 3.05) is 0 Å². The molecule has 0 saturated heterocycles. The molecule has 187 valence electrons. The molecule has 0 aliphatic carbocycles. The molecule has 0 atom stereocenters. The van der Waals surface area contributed by atoms with Gasteiger partial charge in [0.25, 0.3) is 0 Å². The van der Waals surface area contributed by atoms with Crippen LogP contribution in [0.25, 0.3) is 55.0 Å². The number of aliphatic hydroxyl groups excluding tert-OH is 1. The molecule has 0 bridgehead atoms. The van der Waals surface area contributed by atoms with E-state index in [0.717, 1.165) is 38.7 Å². The quantitative estimate of drug-likeness (QED) is 0.0710. The van der Waals surface area contributed by atoms with Crippen LogP contribution >= 0.6 is 0 Å². The molecular formula is C31H25IrN2O3-. The van der Waals surface area contributed by atoms with Crippen LogP contribution in [0, 0.1) is 20.0 Å². The maximum atomic E-state index is 10.0. The number of ketones is 1. The fourth-order valence-electron chi connectivity index (χ4n) is 4.56. The number of hydrogen-bond donors (Lipinski definition) is 1. The summed E-state index contributed by atoms with van der Waals surface area (Å²) in [6.45, 7) is 4.90. The number of nitrogens with zero attached hydrogens (tertiary/aromatic N) is 2. The largest absolute Gasteiger partial charge is 0.512 e. The SMILES string of the molecule is CC(=O)/C=C(/C)O.[CH2-][n+]1c(-c2[c-]c(C)cc3c2oc2ncccc23)ccc2c3ccccc3ccc21.[Ir]. The standard InChI is InChI=1S/C26H17N2O.C5H8O2.Ir/c1-16-14-21-20-8-5-13-27-26(20)29-25(21)22(15-16)24-12-10-19-18-7-4-3-6-17(18)9-11-23(19)28(24)2;1-4(6)3-5(2)7;/h3-14H,2H2,1H3;3,6H,1-2H3;/q-1;;/b;4-3-;. The fraction of sp³-hybridized carbons (Fsp3) is 0.0968. The van der Waals surface area contributed by atoms with Gasteiger partial charge in [0, 0.05) is 44.8 Å². The molecule has 37 heavy (non-hydrogen) atoms. The van der Waals surface area contributed by atoms with E-state index in [0.29, 0.717) is 5.71 Å². The van der Waals surface area contributed by atoms with Crippen molar-refractivity contribution >= 4 is 49.5 Å². The molecule has 0 saturated carbocycles. The van der Waals surface area contributed by atoms with Crippen molar-refractivity contribution in [3.8, 4) is 11.3 Å². The Morgan fingerprint density at radius 3 is 2.49 bits per heavy atom. The molecule has 0 unspecified atom stereocenters. The second-order valence-electron chi connectivity index (χ2n) is 8.79. The Kier molecular flexibility index (Phi) is 7.44. The molecule has 1 radical (unpaired) electrons. The van der Waals surface area contributed by atoms with Crippen LogP contribution in [0.4, 0.5) is 0 Å². The van der Waals surface area contributed by atoms with E-state index >= 15 is 0 Å². The third-order valence-corrected chi connectivity index (χ3v) is 6.02. The van der Waals surface area contributed by atoms with Crippen LogP contribution in [-0.2, 0) is 24.9 Å². The van der Waals surface area contributed by atoms with Gasteiger partial charge in [-0.05, 0) is 59.8 Å². The molecule has 0 amide bonds. The molecule has 6 aromatic rings. The van der Waals surface area contributed by atoms with Crippen LogP contribution in [-0.4, -0.2) is 15.9 Å². The van der Waals surface area contributed by atoms with Gasteiger partial charge >= 0.3 is 0 Å². The predicted molar refractivity (Wildman–Crippen MR) is 144 cm³/mol. The van der Waals surface area contributed by atoms with E-state index in [2.05, 4.69) is 79.6 Å². The van der Waals surface area contributed by atoms with E-state index in [1.165, 1.54) is 36.1 Å². The Morgan fingerprint density at radius 2 is 1.76 bits per heavy atom. The van der Waals surface area contributed by atoms with Gasteiger partial charge in [0.15, 0.2) is 5.78 Å². The van der Waals surface area contributed by atoms with Crippen molar-refractivity contribution in [1.82, 2.24) is 4.98 Å². The maximum Gasteiger partial charge on any atom is 0.216 e. The third kappa shape index (κ3) is 4.99. The van der Waals surface area contributed by atoms with Gasteiger partial charge in [-0.15, -0.1) is 17.7 Å². The van der Waals surface area contributed by atoms with E-state index in [-0.39, 0.29) is 31.6 Å². The molecular weight excluding hydrogens is 641 g/mol. The summed E-state index contributed by atoms with van der Waals surface area (Å²) >= 11 is 0. The number of allylic oxidation sites excluding steroid dienone is 2. The van der Waals surface area contributed by atoms with Gasteiger partial charge in [-0.25, -0.2) is 4.98 Å². The van der Waals surface area contributed by atoms with Gasteiger partial charge in [0.1, 0.15) is 11.2 Å². The van der Waals surface area contributed by atoms with E-state index in [1.54, 1.807) is 6.20 Å². The fourth-order valence-corrected chi connectivity index (χ4v) is 4.56. The van der Waals surface area contributed by atoms with Gasteiger partial charge in [0.05, 0.1) is 11.3 Å². The maximum absolute atomic E-state index is 10.0. The number of rotatable bonds is 2. The second kappa shape index (κ2) is 10.6. The first-order chi connectivity index (χ1) is 17.3. The number of carbonyl (C=O) groups excluding carboxylic acids is 1. The van der Waals surface area contributed by atoms with Crippen molar-refractivity contribution in [3.05, 3.63) is 103 Å². The number of benzene rings is 3. The van der Waals surface area contributed by atoms with E-state index in [1.807, 2.05) is 16.7 Å². The molecule has 3 aromatic carbocycles. The second-order valence-corrected chi connectivity index (χ2v) is 8.79. The van der Waals surface area contributed by atoms with Crippen LogP contribution in [0.1, 0.15) is 19.4 Å². The number of aliphatic hydroxyl groups is 1. The number of furan rings is 1. The van der Waals surface area contributed by atoms with Crippen molar-refractivity contribution in [3.63, 3.8) is 0 Å². The number of fused-ring (bicyclic) bond motifs is 6.